The number of benzene rings is 1. The molecule has 88 valence electrons. The first kappa shape index (κ1) is 11.7. The molecule has 2 atom stereocenters. The van der Waals surface area contributed by atoms with Crippen molar-refractivity contribution in [1.29, 1.82) is 0 Å². The molecule has 2 unspecified atom stereocenters. The van der Waals surface area contributed by atoms with Crippen LogP contribution < -0.4 is 5.32 Å². The van der Waals surface area contributed by atoms with E-state index in [1.54, 1.807) is 0 Å². The molecule has 0 spiro atoms. The van der Waals surface area contributed by atoms with Crippen LogP contribution in [0.4, 0.5) is 0 Å². The van der Waals surface area contributed by atoms with Gasteiger partial charge in [0.15, 0.2) is 0 Å². The lowest BCUT2D eigenvalue weighted by Crippen LogP contribution is -2.30. The van der Waals surface area contributed by atoms with E-state index in [-0.39, 0.29) is 0 Å². The highest BCUT2D eigenvalue weighted by molar-refractivity contribution is 5.21. The highest BCUT2D eigenvalue weighted by Gasteiger charge is 2.27. The SMILES string of the molecule is CC(C)NCC1CCCC1c1ccccc1. The standard InChI is InChI=1S/C15H23N/c1-12(2)16-11-14-9-6-10-15(14)13-7-4-3-5-8-13/h3-5,7-8,12,14-16H,6,9-11H2,1-2H3. The normalized spacial score (nSPS) is 25.2. The van der Waals surface area contributed by atoms with E-state index in [9.17, 15) is 0 Å². The fourth-order valence-corrected chi connectivity index (χ4v) is 2.81. The van der Waals surface area contributed by atoms with Crippen LogP contribution in [0.15, 0.2) is 30.3 Å². The summed E-state index contributed by atoms with van der Waals surface area (Å²) in [5.41, 5.74) is 1.54. The molecule has 2 rings (SSSR count). The second-order valence-corrected chi connectivity index (χ2v) is 5.27. The van der Waals surface area contributed by atoms with Gasteiger partial charge in [0.25, 0.3) is 0 Å². The first-order valence-electron chi connectivity index (χ1n) is 6.55. The first-order chi connectivity index (χ1) is 7.77. The van der Waals surface area contributed by atoms with E-state index in [2.05, 4.69) is 49.5 Å². The van der Waals surface area contributed by atoms with Gasteiger partial charge in [-0.2, -0.15) is 0 Å². The van der Waals surface area contributed by atoms with Crippen LogP contribution in [0, 0.1) is 5.92 Å². The van der Waals surface area contributed by atoms with Gasteiger partial charge in [-0.15, -0.1) is 0 Å². The minimum Gasteiger partial charge on any atom is -0.314 e. The van der Waals surface area contributed by atoms with Crippen molar-refractivity contribution >= 4 is 0 Å². The van der Waals surface area contributed by atoms with Gasteiger partial charge in [0, 0.05) is 6.04 Å². The van der Waals surface area contributed by atoms with Crippen LogP contribution in [0.2, 0.25) is 0 Å². The lowest BCUT2D eigenvalue weighted by atomic mass is 9.89. The minimum absolute atomic E-state index is 0.608. The van der Waals surface area contributed by atoms with Crippen molar-refractivity contribution in [2.45, 2.75) is 45.1 Å². The molecule has 1 saturated carbocycles. The summed E-state index contributed by atoms with van der Waals surface area (Å²) >= 11 is 0. The van der Waals surface area contributed by atoms with Gasteiger partial charge in [-0.3, -0.25) is 0 Å². The quantitative estimate of drug-likeness (QED) is 0.813. The smallest absolute Gasteiger partial charge is 0.00104 e. The average molecular weight is 217 g/mol. The Bertz CT molecular complexity index is 304. The predicted molar refractivity (Wildman–Crippen MR) is 69.7 cm³/mol. The van der Waals surface area contributed by atoms with Crippen LogP contribution in [0.5, 0.6) is 0 Å². The molecule has 0 radical (unpaired) electrons. The molecule has 16 heavy (non-hydrogen) atoms. The Morgan fingerprint density at radius 2 is 1.94 bits per heavy atom. The Morgan fingerprint density at radius 1 is 1.19 bits per heavy atom. The van der Waals surface area contributed by atoms with Gasteiger partial charge in [0.2, 0.25) is 0 Å². The highest BCUT2D eigenvalue weighted by atomic mass is 14.9. The summed E-state index contributed by atoms with van der Waals surface area (Å²) in [5, 5.41) is 3.59. The van der Waals surface area contributed by atoms with Crippen molar-refractivity contribution in [2.24, 2.45) is 5.92 Å². The third-order valence-corrected chi connectivity index (χ3v) is 3.68. The number of hydrogen-bond acceptors (Lipinski definition) is 1. The number of hydrogen-bond donors (Lipinski definition) is 1. The molecule has 0 aromatic heterocycles. The van der Waals surface area contributed by atoms with Crippen molar-refractivity contribution < 1.29 is 0 Å². The minimum atomic E-state index is 0.608. The highest BCUT2D eigenvalue weighted by Crippen LogP contribution is 2.39. The van der Waals surface area contributed by atoms with Gasteiger partial charge in [0.1, 0.15) is 0 Å². The van der Waals surface area contributed by atoms with E-state index in [1.807, 2.05) is 0 Å². The Balaban J connectivity index is 1.98. The van der Waals surface area contributed by atoms with Crippen LogP contribution >= 0.6 is 0 Å². The summed E-state index contributed by atoms with van der Waals surface area (Å²) < 4.78 is 0. The predicted octanol–water partition coefficient (Wildman–Crippen LogP) is 3.57. The van der Waals surface area contributed by atoms with Crippen LogP contribution in [0.1, 0.15) is 44.6 Å². The van der Waals surface area contributed by atoms with E-state index in [0.717, 1.165) is 11.8 Å². The van der Waals surface area contributed by atoms with Crippen LogP contribution in [-0.2, 0) is 0 Å². The fourth-order valence-electron chi connectivity index (χ4n) is 2.81. The molecule has 0 saturated heterocycles. The number of rotatable bonds is 4. The van der Waals surface area contributed by atoms with Gasteiger partial charge in [-0.1, -0.05) is 50.6 Å². The second kappa shape index (κ2) is 5.49. The molecule has 1 N–H and O–H groups in total. The van der Waals surface area contributed by atoms with Gasteiger partial charge in [-0.05, 0) is 36.8 Å². The van der Waals surface area contributed by atoms with E-state index in [0.29, 0.717) is 6.04 Å². The Kier molecular flexibility index (Phi) is 4.00. The average Bonchev–Trinajstić information content (AvgIpc) is 2.75. The van der Waals surface area contributed by atoms with Gasteiger partial charge < -0.3 is 5.32 Å². The zero-order valence-corrected chi connectivity index (χ0v) is 10.4. The van der Waals surface area contributed by atoms with Gasteiger partial charge in [-0.25, -0.2) is 0 Å². The van der Waals surface area contributed by atoms with Crippen molar-refractivity contribution in [3.05, 3.63) is 35.9 Å². The topological polar surface area (TPSA) is 12.0 Å². The van der Waals surface area contributed by atoms with Crippen molar-refractivity contribution in [1.82, 2.24) is 5.32 Å². The zero-order chi connectivity index (χ0) is 11.4. The monoisotopic (exact) mass is 217 g/mol. The van der Waals surface area contributed by atoms with Crippen molar-refractivity contribution in [3.8, 4) is 0 Å². The maximum atomic E-state index is 3.59. The maximum Gasteiger partial charge on any atom is 0.00104 e. The summed E-state index contributed by atoms with van der Waals surface area (Å²) in [6, 6.07) is 11.6. The molecule has 1 nitrogen and oxygen atoms in total. The van der Waals surface area contributed by atoms with Crippen LogP contribution in [0.25, 0.3) is 0 Å². The number of nitrogens with one attached hydrogen (secondary N) is 1. The Labute approximate surface area is 99.3 Å². The summed E-state index contributed by atoms with van der Waals surface area (Å²) in [5.74, 6) is 1.62. The van der Waals surface area contributed by atoms with Crippen LogP contribution in [0.3, 0.4) is 0 Å². The second-order valence-electron chi connectivity index (χ2n) is 5.27. The third kappa shape index (κ3) is 2.85. The molecule has 0 bridgehead atoms. The molecule has 1 aromatic carbocycles. The molecule has 0 amide bonds. The van der Waals surface area contributed by atoms with Gasteiger partial charge >= 0.3 is 0 Å². The molecule has 1 heteroatoms. The molecule has 1 aromatic rings. The summed E-state index contributed by atoms with van der Waals surface area (Å²) in [4.78, 5) is 0. The van der Waals surface area contributed by atoms with E-state index < -0.39 is 0 Å². The summed E-state index contributed by atoms with van der Waals surface area (Å²) in [6.45, 7) is 5.64. The van der Waals surface area contributed by atoms with Crippen LogP contribution in [-0.4, -0.2) is 12.6 Å². The zero-order valence-electron chi connectivity index (χ0n) is 10.4. The Morgan fingerprint density at radius 3 is 2.62 bits per heavy atom. The molecular formula is C15H23N. The lowest BCUT2D eigenvalue weighted by Gasteiger charge is -2.21. The maximum absolute atomic E-state index is 3.59. The van der Waals surface area contributed by atoms with E-state index >= 15 is 0 Å². The summed E-state index contributed by atoms with van der Waals surface area (Å²) in [6.07, 6.45) is 4.15. The van der Waals surface area contributed by atoms with Crippen molar-refractivity contribution in [3.63, 3.8) is 0 Å². The lowest BCUT2D eigenvalue weighted by molar-refractivity contribution is 0.423. The summed E-state index contributed by atoms with van der Waals surface area (Å²) in [7, 11) is 0. The molecule has 0 heterocycles. The molecule has 1 aliphatic carbocycles. The molecular weight excluding hydrogens is 194 g/mol. The molecule has 1 aliphatic rings. The molecule has 1 fully saturated rings. The van der Waals surface area contributed by atoms with E-state index in [1.165, 1.54) is 31.4 Å². The Hall–Kier alpha value is -0.820. The first-order valence-corrected chi connectivity index (χ1v) is 6.55. The van der Waals surface area contributed by atoms with Gasteiger partial charge in [0.05, 0.1) is 0 Å². The van der Waals surface area contributed by atoms with Crippen molar-refractivity contribution in [2.75, 3.05) is 6.54 Å². The largest absolute Gasteiger partial charge is 0.314 e. The molecule has 0 aliphatic heterocycles. The van der Waals surface area contributed by atoms with E-state index in [4.69, 9.17) is 0 Å². The third-order valence-electron chi connectivity index (χ3n) is 3.68. The fraction of sp³-hybridized carbons (Fsp3) is 0.600.